The van der Waals surface area contributed by atoms with E-state index < -0.39 is 0 Å². The monoisotopic (exact) mass is 356 g/mol. The highest BCUT2D eigenvalue weighted by Crippen LogP contribution is 2.29. The second-order valence-corrected chi connectivity index (χ2v) is 6.26. The van der Waals surface area contributed by atoms with E-state index in [0.29, 0.717) is 16.3 Å². The normalized spacial score (nSPS) is 17.9. The largest absolute Gasteiger partial charge is 0.349 e. The zero-order chi connectivity index (χ0) is 15.2. The van der Waals surface area contributed by atoms with Crippen LogP contribution in [0.25, 0.3) is 0 Å². The lowest BCUT2D eigenvalue weighted by atomic mass is 10.2. The van der Waals surface area contributed by atoms with Crippen molar-refractivity contribution in [2.24, 2.45) is 0 Å². The van der Waals surface area contributed by atoms with Crippen LogP contribution < -0.4 is 10.2 Å². The molecule has 1 fully saturated rings. The number of nitrogens with one attached hydrogen (secondary N) is 1. The maximum absolute atomic E-state index is 11.3. The molecule has 1 N–H and O–H groups in total. The Bertz CT molecular complexity index is 492. The Balaban J connectivity index is 2.23. The third-order valence-electron chi connectivity index (χ3n) is 3.69. The smallest absolute Gasteiger partial charge is 0.312 e. The van der Waals surface area contributed by atoms with Gasteiger partial charge in [-0.15, -0.1) is 0 Å². The number of hydrogen-bond acceptors (Lipinski definition) is 5. The highest BCUT2D eigenvalue weighted by atomic mass is 79.9. The van der Waals surface area contributed by atoms with E-state index in [1.807, 2.05) is 0 Å². The topological polar surface area (TPSA) is 71.3 Å². The summed E-state index contributed by atoms with van der Waals surface area (Å²) >= 11 is 3.26. The van der Waals surface area contributed by atoms with Crippen molar-refractivity contribution < 1.29 is 4.92 Å². The molecule has 6 nitrogen and oxygen atoms in total. The summed E-state index contributed by atoms with van der Waals surface area (Å²) in [6.45, 7) is 4.72. The van der Waals surface area contributed by atoms with E-state index >= 15 is 0 Å². The van der Waals surface area contributed by atoms with Crippen molar-refractivity contribution in [2.45, 2.75) is 38.6 Å². The Hall–Kier alpha value is -1.21. The van der Waals surface area contributed by atoms with Crippen molar-refractivity contribution in [1.29, 1.82) is 0 Å². The summed E-state index contributed by atoms with van der Waals surface area (Å²) in [7, 11) is 0. The summed E-state index contributed by atoms with van der Waals surface area (Å²) < 4.78 is 0.632. The van der Waals surface area contributed by atoms with E-state index in [1.54, 1.807) is 6.20 Å². The molecule has 0 saturated carbocycles. The van der Waals surface area contributed by atoms with Crippen LogP contribution >= 0.6 is 15.9 Å². The molecule has 1 aromatic rings. The van der Waals surface area contributed by atoms with Gasteiger partial charge in [-0.3, -0.25) is 10.1 Å². The summed E-state index contributed by atoms with van der Waals surface area (Å²) in [6.07, 6.45) is 5.97. The van der Waals surface area contributed by atoms with Crippen LogP contribution in [0, 0.1) is 10.1 Å². The zero-order valence-electron chi connectivity index (χ0n) is 12.2. The van der Waals surface area contributed by atoms with Crippen LogP contribution in [0.3, 0.4) is 0 Å². The lowest BCUT2D eigenvalue weighted by molar-refractivity contribution is -0.384. The maximum Gasteiger partial charge on any atom is 0.312 e. The second kappa shape index (κ2) is 7.70. The maximum atomic E-state index is 11.3. The van der Waals surface area contributed by atoms with Crippen LogP contribution in [-0.4, -0.2) is 35.6 Å². The Labute approximate surface area is 133 Å². The lowest BCUT2D eigenvalue weighted by Gasteiger charge is -2.26. The molecule has 2 heterocycles. The minimum absolute atomic E-state index is 0.0680. The number of halogens is 1. The number of rotatable bonds is 7. The first-order valence-electron chi connectivity index (χ1n) is 7.40. The molecule has 0 amide bonds. The van der Waals surface area contributed by atoms with Crippen LogP contribution in [0.1, 0.15) is 32.6 Å². The fraction of sp³-hybridized carbons (Fsp3) is 0.643. The minimum Gasteiger partial charge on any atom is -0.349 e. The van der Waals surface area contributed by atoms with Gasteiger partial charge in [-0.1, -0.05) is 13.3 Å². The van der Waals surface area contributed by atoms with Gasteiger partial charge >= 0.3 is 5.69 Å². The van der Waals surface area contributed by atoms with Crippen molar-refractivity contribution in [2.75, 3.05) is 24.5 Å². The van der Waals surface area contributed by atoms with Gasteiger partial charge in [0.1, 0.15) is 0 Å². The van der Waals surface area contributed by atoms with Gasteiger partial charge in [0, 0.05) is 35.9 Å². The predicted octanol–water partition coefficient (Wildman–Crippen LogP) is 3.11. The Morgan fingerprint density at radius 2 is 2.43 bits per heavy atom. The first-order chi connectivity index (χ1) is 10.1. The van der Waals surface area contributed by atoms with Crippen LogP contribution in [0.2, 0.25) is 0 Å². The van der Waals surface area contributed by atoms with Crippen LogP contribution in [0.4, 0.5) is 11.5 Å². The molecule has 1 saturated heterocycles. The number of nitrogens with zero attached hydrogens (tertiary/aromatic N) is 3. The van der Waals surface area contributed by atoms with E-state index in [9.17, 15) is 10.1 Å². The van der Waals surface area contributed by atoms with Crippen LogP contribution in [0.5, 0.6) is 0 Å². The molecule has 0 radical (unpaired) electrons. The predicted molar refractivity (Wildman–Crippen MR) is 86.7 cm³/mol. The molecule has 0 bridgehead atoms. The number of pyridine rings is 1. The Kier molecular flexibility index (Phi) is 5.93. The van der Waals surface area contributed by atoms with Gasteiger partial charge < -0.3 is 10.2 Å². The number of aromatic nitrogens is 1. The third kappa shape index (κ3) is 4.38. The standard InChI is InChI=1S/C14H21BrN4O2/c1-2-3-7-18(10-12-5-4-6-16-12)14-13(19(20)21)8-11(15)9-17-14/h8-9,12,16H,2-7,10H2,1H3. The van der Waals surface area contributed by atoms with Gasteiger partial charge in [0.05, 0.1) is 4.92 Å². The molecular weight excluding hydrogens is 336 g/mol. The van der Waals surface area contributed by atoms with Gasteiger partial charge in [0.2, 0.25) is 5.82 Å². The molecule has 1 aliphatic rings. The molecule has 1 atom stereocenters. The van der Waals surface area contributed by atoms with Crippen molar-refractivity contribution in [3.8, 4) is 0 Å². The fourth-order valence-electron chi connectivity index (χ4n) is 2.61. The molecule has 7 heteroatoms. The summed E-state index contributed by atoms with van der Waals surface area (Å²) in [5.41, 5.74) is 0.0680. The van der Waals surface area contributed by atoms with E-state index in [1.165, 1.54) is 12.5 Å². The van der Waals surface area contributed by atoms with Crippen LogP contribution in [0.15, 0.2) is 16.7 Å². The van der Waals surface area contributed by atoms with Gasteiger partial charge in [0.25, 0.3) is 0 Å². The summed E-state index contributed by atoms with van der Waals surface area (Å²) in [4.78, 5) is 17.3. The molecule has 0 spiro atoms. The quantitative estimate of drug-likeness (QED) is 0.600. The first-order valence-corrected chi connectivity index (χ1v) is 8.19. The molecule has 21 heavy (non-hydrogen) atoms. The molecular formula is C14H21BrN4O2. The number of nitro groups is 1. The molecule has 1 aromatic heterocycles. The summed E-state index contributed by atoms with van der Waals surface area (Å²) in [5, 5.41) is 14.7. The van der Waals surface area contributed by atoms with Gasteiger partial charge in [-0.25, -0.2) is 4.98 Å². The van der Waals surface area contributed by atoms with Gasteiger partial charge in [-0.2, -0.15) is 0 Å². The minimum atomic E-state index is -0.353. The molecule has 2 rings (SSSR count). The second-order valence-electron chi connectivity index (χ2n) is 5.35. The lowest BCUT2D eigenvalue weighted by Crippen LogP contribution is -2.38. The van der Waals surface area contributed by atoms with Gasteiger partial charge in [-0.05, 0) is 41.7 Å². The van der Waals surface area contributed by atoms with Gasteiger partial charge in [0.15, 0.2) is 0 Å². The van der Waals surface area contributed by atoms with Crippen molar-refractivity contribution >= 4 is 27.4 Å². The number of hydrogen-bond donors (Lipinski definition) is 1. The first kappa shape index (κ1) is 16.2. The molecule has 116 valence electrons. The summed E-state index contributed by atoms with van der Waals surface area (Å²) in [6, 6.07) is 1.93. The SMILES string of the molecule is CCCCN(CC1CCCN1)c1ncc(Br)cc1[N+](=O)[O-]. The Morgan fingerprint density at radius 3 is 3.05 bits per heavy atom. The molecule has 1 aliphatic heterocycles. The highest BCUT2D eigenvalue weighted by molar-refractivity contribution is 9.10. The fourth-order valence-corrected chi connectivity index (χ4v) is 2.93. The molecule has 1 unspecified atom stereocenters. The third-order valence-corrected chi connectivity index (χ3v) is 4.13. The Morgan fingerprint density at radius 1 is 1.62 bits per heavy atom. The zero-order valence-corrected chi connectivity index (χ0v) is 13.8. The average Bonchev–Trinajstić information content (AvgIpc) is 2.96. The summed E-state index contributed by atoms with van der Waals surface area (Å²) in [5.74, 6) is 0.477. The van der Waals surface area contributed by atoms with Crippen LogP contribution in [-0.2, 0) is 0 Å². The number of unbranched alkanes of at least 4 members (excludes halogenated alkanes) is 1. The van der Waals surface area contributed by atoms with Crippen molar-refractivity contribution in [1.82, 2.24) is 10.3 Å². The highest BCUT2D eigenvalue weighted by Gasteiger charge is 2.25. The van der Waals surface area contributed by atoms with E-state index in [2.05, 4.69) is 38.1 Å². The van der Waals surface area contributed by atoms with Crippen molar-refractivity contribution in [3.63, 3.8) is 0 Å². The van der Waals surface area contributed by atoms with E-state index in [0.717, 1.165) is 38.9 Å². The average molecular weight is 357 g/mol. The number of anilines is 1. The van der Waals surface area contributed by atoms with E-state index in [4.69, 9.17) is 0 Å². The molecule has 0 aromatic carbocycles. The molecule has 0 aliphatic carbocycles. The van der Waals surface area contributed by atoms with Crippen molar-refractivity contribution in [3.05, 3.63) is 26.9 Å². The van der Waals surface area contributed by atoms with E-state index in [-0.39, 0.29) is 10.6 Å².